The van der Waals surface area contributed by atoms with Gasteiger partial charge in [0.25, 0.3) is 0 Å². The summed E-state index contributed by atoms with van der Waals surface area (Å²) in [4.78, 5) is 0. The van der Waals surface area contributed by atoms with Crippen molar-refractivity contribution in [2.24, 2.45) is 0 Å². The van der Waals surface area contributed by atoms with E-state index in [-0.39, 0.29) is 0 Å². The molecule has 1 unspecified atom stereocenters. The summed E-state index contributed by atoms with van der Waals surface area (Å²) in [5.41, 5.74) is 4.54. The summed E-state index contributed by atoms with van der Waals surface area (Å²) >= 11 is 18.5. The molecular formula is C16H14Cl3N. The quantitative estimate of drug-likeness (QED) is 0.764. The Morgan fingerprint density at radius 1 is 0.950 bits per heavy atom. The van der Waals surface area contributed by atoms with Crippen LogP contribution in [0.2, 0.25) is 15.1 Å². The Kier molecular flexibility index (Phi) is 3.85. The summed E-state index contributed by atoms with van der Waals surface area (Å²) in [6, 6.07) is 10.2. The van der Waals surface area contributed by atoms with Crippen LogP contribution < -0.4 is 5.32 Å². The number of rotatable bonds is 2. The van der Waals surface area contributed by atoms with Crippen molar-refractivity contribution in [2.45, 2.75) is 25.8 Å². The standard InChI is InChI=1S/C16H14Cl3N/c1-9-4-15(19)16(8-14(9)18)20-13-6-10-2-3-12(17)5-11(10)7-13/h2-5,8,13,20H,6-7H2,1H3. The topological polar surface area (TPSA) is 12.0 Å². The highest BCUT2D eigenvalue weighted by atomic mass is 35.5. The Labute approximate surface area is 133 Å². The van der Waals surface area contributed by atoms with Crippen molar-refractivity contribution in [1.29, 1.82) is 0 Å². The van der Waals surface area contributed by atoms with E-state index >= 15 is 0 Å². The monoisotopic (exact) mass is 325 g/mol. The third-order valence-corrected chi connectivity index (χ3v) is 4.66. The van der Waals surface area contributed by atoms with Crippen LogP contribution in [0.5, 0.6) is 0 Å². The van der Waals surface area contributed by atoms with Crippen molar-refractivity contribution < 1.29 is 0 Å². The number of hydrogen-bond donors (Lipinski definition) is 1. The van der Waals surface area contributed by atoms with Gasteiger partial charge in [0, 0.05) is 16.1 Å². The third kappa shape index (κ3) is 2.76. The van der Waals surface area contributed by atoms with E-state index < -0.39 is 0 Å². The lowest BCUT2D eigenvalue weighted by molar-refractivity contribution is 0.774. The van der Waals surface area contributed by atoms with Crippen LogP contribution in [-0.4, -0.2) is 6.04 Å². The Bertz CT molecular complexity index is 667. The van der Waals surface area contributed by atoms with Gasteiger partial charge in [-0.15, -0.1) is 0 Å². The van der Waals surface area contributed by atoms with Crippen molar-refractivity contribution in [3.8, 4) is 0 Å². The Balaban J connectivity index is 1.80. The van der Waals surface area contributed by atoms with Gasteiger partial charge in [0.05, 0.1) is 10.7 Å². The molecule has 0 heterocycles. The number of fused-ring (bicyclic) bond motifs is 1. The summed E-state index contributed by atoms with van der Waals surface area (Å²) in [5.74, 6) is 0. The van der Waals surface area contributed by atoms with Gasteiger partial charge in [0.1, 0.15) is 0 Å². The Morgan fingerprint density at radius 3 is 2.50 bits per heavy atom. The highest BCUT2D eigenvalue weighted by molar-refractivity contribution is 6.35. The molecule has 0 radical (unpaired) electrons. The minimum Gasteiger partial charge on any atom is -0.380 e. The van der Waals surface area contributed by atoms with Gasteiger partial charge in [-0.25, -0.2) is 0 Å². The Morgan fingerprint density at radius 2 is 1.70 bits per heavy atom. The van der Waals surface area contributed by atoms with E-state index in [0.29, 0.717) is 11.1 Å². The molecule has 3 rings (SSSR count). The van der Waals surface area contributed by atoms with Crippen molar-refractivity contribution >= 4 is 40.5 Å². The first-order chi connectivity index (χ1) is 9.52. The smallest absolute Gasteiger partial charge is 0.0641 e. The second-order valence-electron chi connectivity index (χ2n) is 5.24. The summed E-state index contributed by atoms with van der Waals surface area (Å²) in [5, 5.41) is 5.72. The van der Waals surface area contributed by atoms with Crippen LogP contribution in [0.15, 0.2) is 30.3 Å². The van der Waals surface area contributed by atoms with Crippen molar-refractivity contribution in [1.82, 2.24) is 0 Å². The first-order valence-corrected chi connectivity index (χ1v) is 7.66. The van der Waals surface area contributed by atoms with Crippen LogP contribution in [0.4, 0.5) is 5.69 Å². The van der Waals surface area contributed by atoms with E-state index in [9.17, 15) is 0 Å². The van der Waals surface area contributed by atoms with Crippen LogP contribution in [0, 0.1) is 6.92 Å². The highest BCUT2D eigenvalue weighted by Crippen LogP contribution is 2.32. The van der Waals surface area contributed by atoms with Crippen molar-refractivity contribution in [3.63, 3.8) is 0 Å². The average Bonchev–Trinajstić information content (AvgIpc) is 2.77. The van der Waals surface area contributed by atoms with Crippen LogP contribution >= 0.6 is 34.8 Å². The second kappa shape index (κ2) is 5.48. The van der Waals surface area contributed by atoms with Crippen molar-refractivity contribution in [3.05, 3.63) is 62.1 Å². The van der Waals surface area contributed by atoms with Gasteiger partial charge >= 0.3 is 0 Å². The SMILES string of the molecule is Cc1cc(Cl)c(NC2Cc3ccc(Cl)cc3C2)cc1Cl. The zero-order valence-electron chi connectivity index (χ0n) is 11.0. The lowest BCUT2D eigenvalue weighted by Gasteiger charge is -2.16. The number of nitrogens with one attached hydrogen (secondary N) is 1. The fourth-order valence-electron chi connectivity index (χ4n) is 2.67. The second-order valence-corrected chi connectivity index (χ2v) is 6.49. The van der Waals surface area contributed by atoms with Gasteiger partial charge in [-0.3, -0.25) is 0 Å². The molecule has 0 aliphatic heterocycles. The largest absolute Gasteiger partial charge is 0.380 e. The molecule has 104 valence electrons. The molecule has 0 aromatic heterocycles. The van der Waals surface area contributed by atoms with E-state index in [1.165, 1.54) is 11.1 Å². The maximum atomic E-state index is 6.27. The molecule has 0 amide bonds. The number of benzene rings is 2. The lowest BCUT2D eigenvalue weighted by Crippen LogP contribution is -2.19. The number of halogens is 3. The Hall–Kier alpha value is -0.890. The normalized spacial score (nSPS) is 17.1. The molecule has 2 aromatic carbocycles. The molecule has 0 spiro atoms. The zero-order valence-corrected chi connectivity index (χ0v) is 13.3. The van der Waals surface area contributed by atoms with E-state index in [0.717, 1.165) is 34.1 Å². The predicted octanol–water partition coefficient (Wildman–Crippen LogP) is 5.53. The fourth-order valence-corrected chi connectivity index (χ4v) is 3.30. The van der Waals surface area contributed by atoms with Gasteiger partial charge in [-0.05, 0) is 60.7 Å². The molecule has 0 saturated carbocycles. The highest BCUT2D eigenvalue weighted by Gasteiger charge is 2.22. The molecule has 1 atom stereocenters. The molecular weight excluding hydrogens is 313 g/mol. The van der Waals surface area contributed by atoms with Crippen LogP contribution in [0.3, 0.4) is 0 Å². The fraction of sp³-hybridized carbons (Fsp3) is 0.250. The molecule has 0 bridgehead atoms. The minimum atomic E-state index is 0.333. The van der Waals surface area contributed by atoms with E-state index in [2.05, 4.69) is 11.4 Å². The summed E-state index contributed by atoms with van der Waals surface area (Å²) in [6.07, 6.45) is 1.94. The first kappa shape index (κ1) is 14.1. The zero-order chi connectivity index (χ0) is 14.3. The lowest BCUT2D eigenvalue weighted by atomic mass is 10.1. The molecule has 0 saturated heterocycles. The third-order valence-electron chi connectivity index (χ3n) is 3.71. The number of aryl methyl sites for hydroxylation is 1. The number of hydrogen-bond acceptors (Lipinski definition) is 1. The van der Waals surface area contributed by atoms with Gasteiger partial charge in [0.15, 0.2) is 0 Å². The molecule has 1 aliphatic rings. The van der Waals surface area contributed by atoms with E-state index in [4.69, 9.17) is 34.8 Å². The minimum absolute atomic E-state index is 0.333. The molecule has 1 aliphatic carbocycles. The summed E-state index contributed by atoms with van der Waals surface area (Å²) in [6.45, 7) is 1.95. The van der Waals surface area contributed by atoms with E-state index in [1.54, 1.807) is 0 Å². The molecule has 2 aromatic rings. The maximum Gasteiger partial charge on any atom is 0.0641 e. The van der Waals surface area contributed by atoms with Gasteiger partial charge < -0.3 is 5.32 Å². The van der Waals surface area contributed by atoms with Gasteiger partial charge in [0.2, 0.25) is 0 Å². The summed E-state index contributed by atoms with van der Waals surface area (Å²) in [7, 11) is 0. The molecule has 20 heavy (non-hydrogen) atoms. The maximum absolute atomic E-state index is 6.27. The predicted molar refractivity (Wildman–Crippen MR) is 87.5 cm³/mol. The number of anilines is 1. The van der Waals surface area contributed by atoms with Crippen molar-refractivity contribution in [2.75, 3.05) is 5.32 Å². The van der Waals surface area contributed by atoms with Crippen LogP contribution in [0.25, 0.3) is 0 Å². The van der Waals surface area contributed by atoms with Crippen LogP contribution in [-0.2, 0) is 12.8 Å². The molecule has 4 heteroatoms. The van der Waals surface area contributed by atoms with Crippen LogP contribution in [0.1, 0.15) is 16.7 Å². The summed E-state index contributed by atoms with van der Waals surface area (Å²) < 4.78 is 0. The van der Waals surface area contributed by atoms with Gasteiger partial charge in [-0.1, -0.05) is 40.9 Å². The average molecular weight is 327 g/mol. The first-order valence-electron chi connectivity index (χ1n) is 6.52. The molecule has 1 N–H and O–H groups in total. The molecule has 1 nitrogen and oxygen atoms in total. The van der Waals surface area contributed by atoms with Gasteiger partial charge in [-0.2, -0.15) is 0 Å². The van der Waals surface area contributed by atoms with E-state index in [1.807, 2.05) is 31.2 Å². The molecule has 0 fully saturated rings.